The first-order valence-corrected chi connectivity index (χ1v) is 17.4. The summed E-state index contributed by atoms with van der Waals surface area (Å²) in [6.45, 7) is 9.79. The van der Waals surface area contributed by atoms with Gasteiger partial charge in [-0.15, -0.1) is 0 Å². The van der Waals surface area contributed by atoms with Crippen molar-refractivity contribution < 1.29 is 43.8 Å². The molecule has 0 radical (unpaired) electrons. The van der Waals surface area contributed by atoms with Crippen molar-refractivity contribution in [2.24, 2.45) is 40.4 Å². The van der Waals surface area contributed by atoms with Gasteiger partial charge in [-0.1, -0.05) is 37.1 Å². The highest BCUT2D eigenvalue weighted by Gasteiger charge is 2.61. The number of rotatable bonds is 10. The van der Waals surface area contributed by atoms with E-state index in [9.17, 15) is 30.7 Å². The Hall–Kier alpha value is -1.31. The molecule has 2 N–H and O–H groups in total. The number of carbonyl (C=O) groups is 1. The number of ether oxygens (including phenoxy) is 1. The zero-order valence-electron chi connectivity index (χ0n) is 24.7. The van der Waals surface area contributed by atoms with Crippen molar-refractivity contribution in [1.82, 2.24) is 0 Å². The van der Waals surface area contributed by atoms with E-state index in [-0.39, 0.29) is 35.2 Å². The van der Waals surface area contributed by atoms with Gasteiger partial charge in [0, 0.05) is 13.3 Å². The largest absolute Gasteiger partial charge is 0.459 e. The summed E-state index contributed by atoms with van der Waals surface area (Å²) in [6, 6.07) is 0. The maximum atomic E-state index is 11.8. The summed E-state index contributed by atoms with van der Waals surface area (Å²) in [5.41, 5.74) is 1.96. The van der Waals surface area contributed by atoms with Crippen LogP contribution < -0.4 is 0 Å². The van der Waals surface area contributed by atoms with Crippen LogP contribution in [0.4, 0.5) is 0 Å². The van der Waals surface area contributed by atoms with Crippen LogP contribution in [0.25, 0.3) is 0 Å². The Kier molecular flexibility index (Phi) is 9.54. The van der Waals surface area contributed by atoms with E-state index in [0.717, 1.165) is 50.5 Å². The highest BCUT2D eigenvalue weighted by Crippen LogP contribution is 2.67. The van der Waals surface area contributed by atoms with E-state index in [2.05, 4.69) is 26.0 Å². The summed E-state index contributed by atoms with van der Waals surface area (Å²) in [5.74, 6) is 0.711. The normalized spacial score (nSPS) is 37.7. The zero-order chi connectivity index (χ0) is 30.4. The van der Waals surface area contributed by atoms with Crippen LogP contribution in [0.1, 0.15) is 92.4 Å². The standard InChI is InChI=1S/C29H46O10S2/c1-18(2)7-6-8-20(17-37-40(31,32)33)23-11-12-24-22-10-9-21-15-26(38-19(3)30)27(39-41(34,35)36)16-29(21,5)25(22)13-14-28(23,24)4/h7,9,20,22-27H,6,8,10-17H2,1-5H3,(H,31,32,33)(H,34,35,36)/t20-,22-,23+,24-,25-,26-,27-,28+,29-/m0/s1. The van der Waals surface area contributed by atoms with Crippen LogP contribution in [0.15, 0.2) is 23.3 Å². The molecule has 3 saturated carbocycles. The van der Waals surface area contributed by atoms with Crippen molar-refractivity contribution in [3.8, 4) is 0 Å². The van der Waals surface area contributed by atoms with E-state index in [1.54, 1.807) is 0 Å². The summed E-state index contributed by atoms with van der Waals surface area (Å²) in [5, 5.41) is 0. The van der Waals surface area contributed by atoms with Crippen molar-refractivity contribution in [3.63, 3.8) is 0 Å². The van der Waals surface area contributed by atoms with Gasteiger partial charge >= 0.3 is 26.8 Å². The van der Waals surface area contributed by atoms with Crippen LogP contribution in [0, 0.1) is 40.4 Å². The summed E-state index contributed by atoms with van der Waals surface area (Å²) >= 11 is 0. The average Bonchev–Trinajstić information content (AvgIpc) is 3.17. The van der Waals surface area contributed by atoms with Crippen molar-refractivity contribution >= 4 is 26.8 Å². The highest BCUT2D eigenvalue weighted by molar-refractivity contribution is 7.81. The lowest BCUT2D eigenvalue weighted by Crippen LogP contribution is -2.54. The molecule has 0 saturated heterocycles. The highest BCUT2D eigenvalue weighted by atomic mass is 32.3. The van der Waals surface area contributed by atoms with E-state index in [0.29, 0.717) is 24.7 Å². The molecular formula is C29H46O10S2. The third kappa shape index (κ3) is 7.26. The molecule has 41 heavy (non-hydrogen) atoms. The Morgan fingerprint density at radius 3 is 2.37 bits per heavy atom. The van der Waals surface area contributed by atoms with Gasteiger partial charge in [0.15, 0.2) is 0 Å². The van der Waals surface area contributed by atoms with Gasteiger partial charge in [0.05, 0.1) is 6.61 Å². The summed E-state index contributed by atoms with van der Waals surface area (Å²) in [4.78, 5) is 11.8. The van der Waals surface area contributed by atoms with Crippen LogP contribution >= 0.6 is 0 Å². The molecular weight excluding hydrogens is 572 g/mol. The average molecular weight is 619 g/mol. The fraction of sp³-hybridized carbons (Fsp3) is 0.828. The Balaban J connectivity index is 1.59. The van der Waals surface area contributed by atoms with Gasteiger partial charge in [0.1, 0.15) is 12.2 Å². The molecule has 0 amide bonds. The Morgan fingerprint density at radius 2 is 1.76 bits per heavy atom. The molecule has 0 aromatic rings. The van der Waals surface area contributed by atoms with Crippen LogP contribution in [0.5, 0.6) is 0 Å². The van der Waals surface area contributed by atoms with E-state index in [4.69, 9.17) is 13.1 Å². The molecule has 4 aliphatic carbocycles. The maximum Gasteiger partial charge on any atom is 0.397 e. The van der Waals surface area contributed by atoms with Gasteiger partial charge < -0.3 is 4.74 Å². The number of allylic oxidation sites excluding steroid dienone is 3. The predicted octanol–water partition coefficient (Wildman–Crippen LogP) is 5.48. The molecule has 0 aromatic carbocycles. The molecule has 234 valence electrons. The van der Waals surface area contributed by atoms with Gasteiger partial charge in [-0.2, -0.15) is 16.8 Å². The van der Waals surface area contributed by atoms with Gasteiger partial charge in [-0.25, -0.2) is 8.37 Å². The molecule has 4 aliphatic rings. The predicted molar refractivity (Wildman–Crippen MR) is 152 cm³/mol. The zero-order valence-corrected chi connectivity index (χ0v) is 26.4. The van der Waals surface area contributed by atoms with Crippen molar-refractivity contribution in [2.75, 3.05) is 6.61 Å². The minimum absolute atomic E-state index is 0.0175. The molecule has 10 nitrogen and oxygen atoms in total. The lowest BCUT2D eigenvalue weighted by molar-refractivity contribution is -0.156. The Morgan fingerprint density at radius 1 is 1.05 bits per heavy atom. The quantitative estimate of drug-likeness (QED) is 0.183. The van der Waals surface area contributed by atoms with Crippen LogP contribution in [-0.4, -0.2) is 50.7 Å². The molecule has 3 fully saturated rings. The number of hydrogen-bond donors (Lipinski definition) is 2. The second kappa shape index (κ2) is 12.0. The molecule has 0 heterocycles. The maximum absolute atomic E-state index is 11.8. The SMILES string of the molecule is CC(=O)O[C@H]1CC2=CC[C@H]3[C@@H]4CC[C@H]([C@@H](CCC=C(C)C)COS(=O)(=O)O)[C@@]4(C)CC[C@@H]3[C@@]2(C)C[C@@H]1OS(=O)(=O)O. The number of hydrogen-bond acceptors (Lipinski definition) is 8. The third-order valence-electron chi connectivity index (χ3n) is 10.8. The van der Waals surface area contributed by atoms with E-state index in [1.807, 2.05) is 13.8 Å². The lowest BCUT2D eigenvalue weighted by Gasteiger charge is -2.59. The van der Waals surface area contributed by atoms with Crippen molar-refractivity contribution in [2.45, 2.75) is 105 Å². The third-order valence-corrected chi connectivity index (χ3v) is 11.7. The Bertz CT molecular complexity index is 1270. The first kappa shape index (κ1) is 32.6. The molecule has 4 rings (SSSR count). The first-order valence-electron chi connectivity index (χ1n) is 14.7. The smallest absolute Gasteiger partial charge is 0.397 e. The summed E-state index contributed by atoms with van der Waals surface area (Å²) in [7, 11) is -9.28. The molecule has 9 atom stereocenters. The molecule has 0 aliphatic heterocycles. The van der Waals surface area contributed by atoms with E-state index >= 15 is 0 Å². The van der Waals surface area contributed by atoms with E-state index < -0.39 is 39.0 Å². The van der Waals surface area contributed by atoms with Gasteiger partial charge in [-0.3, -0.25) is 13.9 Å². The minimum Gasteiger partial charge on any atom is -0.459 e. The van der Waals surface area contributed by atoms with Gasteiger partial charge in [0.2, 0.25) is 0 Å². The van der Waals surface area contributed by atoms with Gasteiger partial charge in [0.25, 0.3) is 0 Å². The lowest BCUT2D eigenvalue weighted by atomic mass is 9.46. The molecule has 0 bridgehead atoms. The molecule has 0 unspecified atom stereocenters. The number of fused-ring (bicyclic) bond motifs is 5. The fourth-order valence-electron chi connectivity index (χ4n) is 9.21. The summed E-state index contributed by atoms with van der Waals surface area (Å²) < 4.78 is 80.6. The van der Waals surface area contributed by atoms with Crippen molar-refractivity contribution in [3.05, 3.63) is 23.3 Å². The van der Waals surface area contributed by atoms with Gasteiger partial charge in [-0.05, 0) is 106 Å². The topological polar surface area (TPSA) is 154 Å². The van der Waals surface area contributed by atoms with Crippen LogP contribution in [0.3, 0.4) is 0 Å². The second-order valence-electron chi connectivity index (χ2n) is 13.4. The van der Waals surface area contributed by atoms with E-state index in [1.165, 1.54) is 12.5 Å². The Labute approximate surface area is 245 Å². The van der Waals surface area contributed by atoms with Crippen LogP contribution in [-0.2, 0) is 38.7 Å². The number of esters is 1. The van der Waals surface area contributed by atoms with Crippen molar-refractivity contribution in [1.29, 1.82) is 0 Å². The molecule has 12 heteroatoms. The second-order valence-corrected chi connectivity index (χ2v) is 15.6. The molecule has 0 aromatic heterocycles. The summed E-state index contributed by atoms with van der Waals surface area (Å²) in [6.07, 6.45) is 9.59. The monoisotopic (exact) mass is 618 g/mol. The minimum atomic E-state index is -4.74. The number of carbonyl (C=O) groups excluding carboxylic acids is 1. The first-order chi connectivity index (χ1) is 18.9. The fourth-order valence-corrected chi connectivity index (χ4v) is 10.1. The molecule has 0 spiro atoms. The van der Waals surface area contributed by atoms with Crippen LogP contribution in [0.2, 0.25) is 0 Å².